The summed E-state index contributed by atoms with van der Waals surface area (Å²) in [5, 5.41) is 3.57. The van der Waals surface area contributed by atoms with E-state index in [9.17, 15) is 33.7 Å². The maximum atomic E-state index is 9.40. The van der Waals surface area contributed by atoms with Crippen LogP contribution in [0.4, 0.5) is 0 Å². The van der Waals surface area contributed by atoms with E-state index in [1.54, 1.807) is 0 Å². The second-order valence-electron chi connectivity index (χ2n) is 12.5. The average Bonchev–Trinajstić information content (AvgIpc) is 3.85. The van der Waals surface area contributed by atoms with Gasteiger partial charge in [-0.05, 0) is 21.5 Å². The van der Waals surface area contributed by atoms with Crippen molar-refractivity contribution in [2.45, 2.75) is 0 Å². The molecule has 7 aromatic rings. The minimum Gasteiger partial charge on any atom is -0.357 e. The fourth-order valence-electron chi connectivity index (χ4n) is 5.46. The normalized spacial score (nSPS) is 11.7. The van der Waals surface area contributed by atoms with Crippen LogP contribution in [0.15, 0.2) is 97.1 Å². The standard InChI is InChI=1S/C32H16N8.CH3ClO2S.3CH4O3S.Zn/c1-2-10-18-17(9-1)25-33-26(18)38-28-21-13-5-6-14-22(21)30(35-28)40-32-24-16-8-7-15-23(24)31(36-32)39-29-20-12-4-3-11-19(20)27(34-29)37-25;4*1-5(2,3)4;/h1-16H;1H3;3*1H3,(H,2,3,4);/q-2;;;;;+2. The predicted octanol–water partition coefficient (Wildman–Crippen LogP) is 4.82. The van der Waals surface area contributed by atoms with Crippen molar-refractivity contribution >= 4 is 94.2 Å². The van der Waals surface area contributed by atoms with Gasteiger partial charge in [-0.15, -0.1) is 0 Å². The Morgan fingerprint density at radius 2 is 0.557 bits per heavy atom. The molecule has 0 fully saturated rings. The molecule has 3 N–H and O–H groups in total. The Bertz CT molecular complexity index is 2930. The molecule has 8 bridgehead atoms. The molecule has 61 heavy (non-hydrogen) atoms. The molecule has 4 aromatic carbocycles. The van der Waals surface area contributed by atoms with E-state index >= 15 is 0 Å². The van der Waals surface area contributed by atoms with Gasteiger partial charge in [-0.2, -0.15) is 25.3 Å². The molecule has 3 aromatic heterocycles. The third kappa shape index (κ3) is 14.5. The second-order valence-corrected chi connectivity index (χ2v) is 20.0. The molecule has 0 amide bonds. The van der Waals surface area contributed by atoms with Crippen LogP contribution < -0.4 is 9.97 Å². The number of benzene rings is 4. The van der Waals surface area contributed by atoms with Crippen LogP contribution in [0.3, 0.4) is 0 Å². The Hall–Kier alpha value is -5.17. The summed E-state index contributed by atoms with van der Waals surface area (Å²) >= 11 is 0. The molecule has 0 saturated heterocycles. The van der Waals surface area contributed by atoms with E-state index < -0.39 is 39.4 Å². The summed E-state index contributed by atoms with van der Waals surface area (Å²) in [5.74, 6) is 2.21. The Balaban J connectivity index is 0.000000329. The van der Waals surface area contributed by atoms with Crippen molar-refractivity contribution in [3.05, 3.63) is 97.1 Å². The zero-order valence-corrected chi connectivity index (χ0v) is 39.1. The Kier molecular flexibility index (Phi) is 15.3. The number of rotatable bonds is 0. The fourth-order valence-corrected chi connectivity index (χ4v) is 5.46. The molecule has 0 aliphatic carbocycles. The smallest absolute Gasteiger partial charge is 0.357 e. The van der Waals surface area contributed by atoms with Crippen molar-refractivity contribution in [2.24, 2.45) is 0 Å². The van der Waals surface area contributed by atoms with Crippen molar-refractivity contribution in [1.29, 1.82) is 0 Å². The molecular formula is C36H31ClN8O11S4Zn. The van der Waals surface area contributed by atoms with E-state index in [0.29, 0.717) is 64.7 Å². The molecule has 5 heterocycles. The van der Waals surface area contributed by atoms with Gasteiger partial charge in [0.25, 0.3) is 30.4 Å². The van der Waals surface area contributed by atoms with Gasteiger partial charge in [0, 0.05) is 55.5 Å². The first-order chi connectivity index (χ1) is 27.8. The van der Waals surface area contributed by atoms with E-state index in [2.05, 4.69) is 10.7 Å². The maximum Gasteiger partial charge on any atom is 2.00 e. The van der Waals surface area contributed by atoms with Gasteiger partial charge in [-0.1, -0.05) is 97.1 Å². The maximum absolute atomic E-state index is 9.40. The van der Waals surface area contributed by atoms with Crippen LogP contribution in [0, 0.1) is 0 Å². The summed E-state index contributed by atoms with van der Waals surface area (Å²) in [6, 6.07) is 31.8. The molecule has 0 unspecified atom stereocenters. The van der Waals surface area contributed by atoms with Gasteiger partial charge in [0.15, 0.2) is 0 Å². The molecule has 2 aliphatic rings. The molecule has 25 heteroatoms. The number of nitrogens with zero attached hydrogens (tertiary/aromatic N) is 8. The number of halogens is 1. The zero-order chi connectivity index (χ0) is 44.2. The molecule has 0 atom stereocenters. The van der Waals surface area contributed by atoms with Crippen LogP contribution in [-0.4, -0.2) is 102 Å². The summed E-state index contributed by atoms with van der Waals surface area (Å²) in [4.78, 5) is 39.3. The summed E-state index contributed by atoms with van der Waals surface area (Å²) in [6.07, 6.45) is 3.07. The molecule has 0 spiro atoms. The van der Waals surface area contributed by atoms with Gasteiger partial charge in [0.2, 0.25) is 9.05 Å². The van der Waals surface area contributed by atoms with Crippen LogP contribution >= 0.6 is 10.7 Å². The number of hydrogen-bond donors (Lipinski definition) is 3. The first-order valence-corrected chi connectivity index (χ1v) is 24.8. The molecule has 2 aliphatic heterocycles. The number of fused-ring (bicyclic) bond motifs is 20. The summed E-state index contributed by atoms with van der Waals surface area (Å²) in [7, 11) is -9.69. The molecule has 19 nitrogen and oxygen atoms in total. The summed E-state index contributed by atoms with van der Waals surface area (Å²) in [5.41, 5.74) is 5.78. The minimum atomic E-state index is -3.67. The quantitative estimate of drug-likeness (QED) is 0.104. The zero-order valence-electron chi connectivity index (χ0n) is 32.1. The van der Waals surface area contributed by atoms with Gasteiger partial charge < -0.3 is 29.9 Å². The molecule has 9 rings (SSSR count). The SMILES string of the molecule is CS(=O)(=O)Cl.CS(=O)(=O)O.CS(=O)(=O)O.CS(=O)(=O)O.[Zn+2].c1ccc2c(c1)-c1nc-2nc2[n-]c(nc3nc(nc4[n-]c(n1)c1ccccc41)-c1ccccc1-3)c1ccccc21. The Labute approximate surface area is 366 Å². The minimum absolute atomic E-state index is 0. The Morgan fingerprint density at radius 3 is 0.738 bits per heavy atom. The predicted molar refractivity (Wildman–Crippen MR) is 227 cm³/mol. The van der Waals surface area contributed by atoms with Gasteiger partial charge in [0.05, 0.1) is 48.3 Å². The molecular weight excluding hydrogens is 950 g/mol. The largest absolute Gasteiger partial charge is 2.00 e. The van der Waals surface area contributed by atoms with Gasteiger partial charge in [-0.25, -0.2) is 18.4 Å². The van der Waals surface area contributed by atoms with Crippen LogP contribution in [0.25, 0.3) is 89.7 Å². The molecule has 314 valence electrons. The van der Waals surface area contributed by atoms with E-state index in [0.717, 1.165) is 50.1 Å². The first-order valence-electron chi connectivity index (χ1n) is 16.6. The van der Waals surface area contributed by atoms with E-state index in [1.165, 1.54) is 0 Å². The van der Waals surface area contributed by atoms with Crippen LogP contribution in [-0.2, 0) is 58.9 Å². The van der Waals surface area contributed by atoms with Crippen LogP contribution in [0.5, 0.6) is 0 Å². The van der Waals surface area contributed by atoms with Crippen molar-refractivity contribution in [1.82, 2.24) is 39.9 Å². The van der Waals surface area contributed by atoms with Crippen molar-refractivity contribution in [2.75, 3.05) is 25.0 Å². The third-order valence-electron chi connectivity index (χ3n) is 7.33. The van der Waals surface area contributed by atoms with Crippen molar-refractivity contribution in [3.8, 4) is 45.6 Å². The second kappa shape index (κ2) is 19.3. The van der Waals surface area contributed by atoms with Crippen LogP contribution in [0.2, 0.25) is 0 Å². The van der Waals surface area contributed by atoms with Crippen molar-refractivity contribution < 1.29 is 66.8 Å². The number of aromatic nitrogens is 8. The van der Waals surface area contributed by atoms with Crippen LogP contribution in [0.1, 0.15) is 0 Å². The van der Waals surface area contributed by atoms with Gasteiger partial charge >= 0.3 is 19.5 Å². The van der Waals surface area contributed by atoms with E-state index in [1.807, 2.05) is 97.1 Å². The summed E-state index contributed by atoms with van der Waals surface area (Å²) in [6.45, 7) is 0. The molecule has 0 radical (unpaired) electrons. The van der Waals surface area contributed by atoms with Gasteiger partial charge in [0.1, 0.15) is 0 Å². The van der Waals surface area contributed by atoms with E-state index in [-0.39, 0.29) is 19.5 Å². The average molecular weight is 981 g/mol. The van der Waals surface area contributed by atoms with Gasteiger partial charge in [-0.3, -0.25) is 13.7 Å². The third-order valence-corrected chi connectivity index (χ3v) is 7.33. The molecule has 0 saturated carbocycles. The monoisotopic (exact) mass is 978 g/mol. The topological polar surface area (TPSA) is 303 Å². The Morgan fingerprint density at radius 1 is 0.393 bits per heavy atom. The fraction of sp³-hybridized carbons (Fsp3) is 0.111. The number of hydrogen-bond acceptors (Lipinski definition) is 14. The summed E-state index contributed by atoms with van der Waals surface area (Å²) < 4.78 is 96.4. The van der Waals surface area contributed by atoms with Crippen molar-refractivity contribution in [3.63, 3.8) is 0 Å². The van der Waals surface area contributed by atoms with E-state index in [4.69, 9.17) is 53.5 Å². The first kappa shape index (κ1) is 48.5.